The number of alkyl halides is 3. The number of rotatable bonds is 0. The molecule has 108 valence electrons. The predicted molar refractivity (Wildman–Crippen MR) is 70.5 cm³/mol. The SMILES string of the molecule is CC#CC#C[C@]1(C(F)(F)F)OC(=O)Nc2ccc(Cl)cc21. The molecule has 0 radical (unpaired) electrons. The van der Waals surface area contributed by atoms with Crippen LogP contribution in [0.5, 0.6) is 0 Å². The molecule has 0 spiro atoms. The van der Waals surface area contributed by atoms with Gasteiger partial charge in [0.1, 0.15) is 0 Å². The summed E-state index contributed by atoms with van der Waals surface area (Å²) in [6.45, 7) is 1.42. The summed E-state index contributed by atoms with van der Waals surface area (Å²) in [6, 6.07) is 3.66. The van der Waals surface area contributed by atoms with Crippen LogP contribution < -0.4 is 5.32 Å². The molecule has 2 rings (SSSR count). The van der Waals surface area contributed by atoms with E-state index < -0.39 is 17.9 Å². The second-order valence-electron chi connectivity index (χ2n) is 4.01. The van der Waals surface area contributed by atoms with Crippen LogP contribution in [0.2, 0.25) is 5.02 Å². The summed E-state index contributed by atoms with van der Waals surface area (Å²) < 4.78 is 45.0. The maximum absolute atomic E-state index is 13.5. The van der Waals surface area contributed by atoms with Gasteiger partial charge < -0.3 is 4.74 Å². The summed E-state index contributed by atoms with van der Waals surface area (Å²) >= 11 is 5.74. The number of amides is 1. The smallest absolute Gasteiger partial charge is 0.415 e. The normalized spacial score (nSPS) is 20.0. The lowest BCUT2D eigenvalue weighted by atomic mass is 9.90. The van der Waals surface area contributed by atoms with E-state index in [9.17, 15) is 18.0 Å². The zero-order valence-corrected chi connectivity index (χ0v) is 11.3. The van der Waals surface area contributed by atoms with Crippen LogP contribution in [0.15, 0.2) is 18.2 Å². The first-order valence-corrected chi connectivity index (χ1v) is 5.98. The van der Waals surface area contributed by atoms with Crippen LogP contribution in [0.3, 0.4) is 0 Å². The molecule has 1 aromatic carbocycles. The average Bonchev–Trinajstić information content (AvgIpc) is 2.38. The van der Waals surface area contributed by atoms with Gasteiger partial charge in [-0.05, 0) is 42.9 Å². The number of carbonyl (C=O) groups excluding carboxylic acids is 1. The minimum atomic E-state index is -4.95. The van der Waals surface area contributed by atoms with Crippen LogP contribution in [0, 0.1) is 23.7 Å². The van der Waals surface area contributed by atoms with Crippen molar-refractivity contribution in [2.75, 3.05) is 5.32 Å². The number of carbonyl (C=O) groups is 1. The van der Waals surface area contributed by atoms with Gasteiger partial charge in [-0.1, -0.05) is 17.5 Å². The van der Waals surface area contributed by atoms with Gasteiger partial charge in [0.25, 0.3) is 5.60 Å². The molecule has 0 bridgehead atoms. The van der Waals surface area contributed by atoms with Crippen molar-refractivity contribution >= 4 is 23.4 Å². The first kappa shape index (κ1) is 15.1. The third-order valence-corrected chi connectivity index (χ3v) is 2.90. The molecule has 0 unspecified atom stereocenters. The van der Waals surface area contributed by atoms with Gasteiger partial charge in [-0.15, -0.1) is 0 Å². The van der Waals surface area contributed by atoms with Crippen molar-refractivity contribution in [3.8, 4) is 23.7 Å². The molecule has 1 atom stereocenters. The maximum Gasteiger partial charge on any atom is 0.445 e. The molecule has 1 aromatic rings. The number of ether oxygens (including phenoxy) is 1. The largest absolute Gasteiger partial charge is 0.445 e. The minimum absolute atomic E-state index is 0.0606. The lowest BCUT2D eigenvalue weighted by molar-refractivity contribution is -0.239. The van der Waals surface area contributed by atoms with Gasteiger partial charge in [0, 0.05) is 10.6 Å². The number of nitrogens with one attached hydrogen (secondary N) is 1. The highest BCUT2D eigenvalue weighted by Gasteiger charge is 2.62. The van der Waals surface area contributed by atoms with Gasteiger partial charge in [-0.25, -0.2) is 4.79 Å². The summed E-state index contributed by atoms with van der Waals surface area (Å²) in [5, 5.41) is 2.24. The number of hydrogen-bond acceptors (Lipinski definition) is 2. The van der Waals surface area contributed by atoms with Gasteiger partial charge in [-0.2, -0.15) is 13.2 Å². The van der Waals surface area contributed by atoms with Gasteiger partial charge in [0.05, 0.1) is 5.69 Å². The van der Waals surface area contributed by atoms with E-state index in [0.29, 0.717) is 0 Å². The molecule has 0 saturated heterocycles. The maximum atomic E-state index is 13.5. The fourth-order valence-corrected chi connectivity index (χ4v) is 1.97. The van der Waals surface area contributed by atoms with Crippen LogP contribution in [-0.2, 0) is 10.3 Å². The number of hydrogen-bond donors (Lipinski definition) is 1. The highest BCUT2D eigenvalue weighted by atomic mass is 35.5. The predicted octanol–water partition coefficient (Wildman–Crippen LogP) is 3.69. The van der Waals surface area contributed by atoms with E-state index in [1.54, 1.807) is 0 Å². The Labute approximate surface area is 123 Å². The fraction of sp³-hybridized carbons (Fsp3) is 0.214. The van der Waals surface area contributed by atoms with E-state index in [1.807, 2.05) is 5.92 Å². The van der Waals surface area contributed by atoms with Crippen LogP contribution >= 0.6 is 11.6 Å². The van der Waals surface area contributed by atoms with Gasteiger partial charge in [-0.3, -0.25) is 5.32 Å². The lowest BCUT2D eigenvalue weighted by Crippen LogP contribution is -2.49. The monoisotopic (exact) mass is 313 g/mol. The van der Waals surface area contributed by atoms with Crippen molar-refractivity contribution < 1.29 is 22.7 Å². The Bertz CT molecular complexity index is 722. The van der Waals surface area contributed by atoms with E-state index in [1.165, 1.54) is 19.1 Å². The summed E-state index contributed by atoms with van der Waals surface area (Å²) in [4.78, 5) is 11.4. The molecular weight excluding hydrogens is 307 g/mol. The third-order valence-electron chi connectivity index (χ3n) is 2.67. The molecule has 1 heterocycles. The molecule has 0 saturated carbocycles. The van der Waals surface area contributed by atoms with Gasteiger partial charge >= 0.3 is 12.3 Å². The Kier molecular flexibility index (Phi) is 3.76. The Balaban J connectivity index is 2.76. The second kappa shape index (κ2) is 5.23. The van der Waals surface area contributed by atoms with E-state index >= 15 is 0 Å². The van der Waals surface area contributed by atoms with E-state index in [-0.39, 0.29) is 16.3 Å². The van der Waals surface area contributed by atoms with E-state index in [2.05, 4.69) is 27.8 Å². The summed E-state index contributed by atoms with van der Waals surface area (Å²) in [7, 11) is 0. The lowest BCUT2D eigenvalue weighted by Gasteiger charge is -2.35. The number of cyclic esters (lactones) is 1. The van der Waals surface area contributed by atoms with Crippen molar-refractivity contribution in [1.29, 1.82) is 0 Å². The number of anilines is 1. The summed E-state index contributed by atoms with van der Waals surface area (Å²) in [6.07, 6.45) is -6.20. The minimum Gasteiger partial charge on any atom is -0.415 e. The number of fused-ring (bicyclic) bond motifs is 1. The van der Waals surface area contributed by atoms with Crippen LogP contribution in [0.4, 0.5) is 23.7 Å². The first-order valence-electron chi connectivity index (χ1n) is 5.61. The third kappa shape index (κ3) is 2.63. The molecule has 1 amide bonds. The van der Waals surface area contributed by atoms with Gasteiger partial charge in [0.15, 0.2) is 0 Å². The highest BCUT2D eigenvalue weighted by Crippen LogP contribution is 2.47. The molecule has 7 heteroatoms. The zero-order valence-electron chi connectivity index (χ0n) is 10.6. The zero-order chi connectivity index (χ0) is 15.7. The molecule has 1 aliphatic rings. The van der Waals surface area contributed by atoms with Crippen molar-refractivity contribution in [2.24, 2.45) is 0 Å². The average molecular weight is 314 g/mol. The van der Waals surface area contributed by atoms with Crippen LogP contribution in [0.25, 0.3) is 0 Å². The Hall–Kier alpha value is -2.31. The molecule has 1 aliphatic heterocycles. The second-order valence-corrected chi connectivity index (χ2v) is 4.44. The number of benzene rings is 1. The molecule has 3 nitrogen and oxygen atoms in total. The van der Waals surface area contributed by atoms with Crippen molar-refractivity contribution in [3.05, 3.63) is 28.8 Å². The van der Waals surface area contributed by atoms with Crippen molar-refractivity contribution in [1.82, 2.24) is 0 Å². The Morgan fingerprint density at radius 2 is 2.05 bits per heavy atom. The Morgan fingerprint density at radius 1 is 1.33 bits per heavy atom. The van der Waals surface area contributed by atoms with Crippen molar-refractivity contribution in [2.45, 2.75) is 18.7 Å². The molecule has 0 aliphatic carbocycles. The van der Waals surface area contributed by atoms with Crippen LogP contribution in [-0.4, -0.2) is 12.3 Å². The van der Waals surface area contributed by atoms with Crippen LogP contribution in [0.1, 0.15) is 12.5 Å². The molecule has 0 aromatic heterocycles. The topological polar surface area (TPSA) is 38.3 Å². The Morgan fingerprint density at radius 3 is 2.67 bits per heavy atom. The summed E-state index contributed by atoms with van der Waals surface area (Å²) in [5.41, 5.74) is -3.54. The van der Waals surface area contributed by atoms with E-state index in [0.717, 1.165) is 6.07 Å². The highest BCUT2D eigenvalue weighted by molar-refractivity contribution is 6.30. The molecule has 1 N–H and O–H groups in total. The molecule has 21 heavy (non-hydrogen) atoms. The van der Waals surface area contributed by atoms with Crippen molar-refractivity contribution in [3.63, 3.8) is 0 Å². The molecule has 0 fully saturated rings. The first-order chi connectivity index (χ1) is 9.80. The van der Waals surface area contributed by atoms with E-state index in [4.69, 9.17) is 11.6 Å². The fourth-order valence-electron chi connectivity index (χ4n) is 1.80. The summed E-state index contributed by atoms with van der Waals surface area (Å²) in [5.74, 6) is 8.50. The van der Waals surface area contributed by atoms with Gasteiger partial charge in [0.2, 0.25) is 0 Å². The number of halogens is 4. The molecular formula is C14H7ClF3NO2. The quantitative estimate of drug-likeness (QED) is 0.742. The standard InChI is InChI=1S/C14H7ClF3NO2/c1-2-3-4-7-13(14(16,17)18)10-8-9(15)5-6-11(10)19-12(20)21-13/h5-6,8H,1H3,(H,19,20)/t13-/m0/s1.